The predicted molar refractivity (Wildman–Crippen MR) is 88.6 cm³/mol. The molecule has 20 heavy (non-hydrogen) atoms. The molecule has 1 heterocycles. The molecule has 0 bridgehead atoms. The average molecular weight is 295 g/mol. The minimum atomic E-state index is 0.742. The Morgan fingerprint density at radius 3 is 2.60 bits per heavy atom. The topological polar surface area (TPSA) is 15.3 Å². The Morgan fingerprint density at radius 1 is 1.25 bits per heavy atom. The van der Waals surface area contributed by atoms with Crippen LogP contribution in [-0.2, 0) is 6.54 Å². The zero-order valence-corrected chi connectivity index (χ0v) is 13.7. The lowest BCUT2D eigenvalue weighted by Crippen LogP contribution is -2.39. The molecule has 1 N–H and O–H groups in total. The maximum absolute atomic E-state index is 6.50. The number of halogens is 1. The second-order valence-corrected chi connectivity index (χ2v) is 6.68. The van der Waals surface area contributed by atoms with Gasteiger partial charge in [-0.2, -0.15) is 0 Å². The zero-order chi connectivity index (χ0) is 14.5. The Kier molecular flexibility index (Phi) is 5.74. The van der Waals surface area contributed by atoms with Gasteiger partial charge >= 0.3 is 0 Å². The van der Waals surface area contributed by atoms with Crippen LogP contribution in [0.4, 0.5) is 5.69 Å². The van der Waals surface area contributed by atoms with Crippen molar-refractivity contribution in [1.29, 1.82) is 0 Å². The quantitative estimate of drug-likeness (QED) is 0.814. The SMILES string of the molecule is CCCNCc1cccc(Cl)c1N1CC(C)CC(C)C1. The zero-order valence-electron chi connectivity index (χ0n) is 13.0. The molecule has 1 aliphatic rings. The molecule has 3 heteroatoms. The lowest BCUT2D eigenvalue weighted by Gasteiger charge is -2.38. The first-order chi connectivity index (χ1) is 9.61. The third-order valence-corrected chi connectivity index (χ3v) is 4.30. The predicted octanol–water partition coefficient (Wildman–Crippen LogP) is 4.32. The highest BCUT2D eigenvalue weighted by Crippen LogP contribution is 2.34. The van der Waals surface area contributed by atoms with Crippen molar-refractivity contribution in [3.63, 3.8) is 0 Å². The molecule has 0 radical (unpaired) electrons. The maximum Gasteiger partial charge on any atom is 0.0642 e. The van der Waals surface area contributed by atoms with Gasteiger partial charge in [0.2, 0.25) is 0 Å². The third-order valence-electron chi connectivity index (χ3n) is 4.00. The Bertz CT molecular complexity index is 423. The van der Waals surface area contributed by atoms with E-state index < -0.39 is 0 Å². The van der Waals surface area contributed by atoms with Crippen molar-refractivity contribution in [3.8, 4) is 0 Å². The van der Waals surface area contributed by atoms with Crippen molar-refractivity contribution < 1.29 is 0 Å². The summed E-state index contributed by atoms with van der Waals surface area (Å²) < 4.78 is 0. The first-order valence-corrected chi connectivity index (χ1v) is 8.22. The summed E-state index contributed by atoms with van der Waals surface area (Å²) in [7, 11) is 0. The number of benzene rings is 1. The molecule has 112 valence electrons. The molecule has 2 nitrogen and oxygen atoms in total. The van der Waals surface area contributed by atoms with Gasteiger partial charge in [-0.3, -0.25) is 0 Å². The van der Waals surface area contributed by atoms with Crippen molar-refractivity contribution in [1.82, 2.24) is 5.32 Å². The third kappa shape index (κ3) is 3.89. The van der Waals surface area contributed by atoms with E-state index in [2.05, 4.69) is 43.1 Å². The number of rotatable bonds is 5. The smallest absolute Gasteiger partial charge is 0.0642 e. The van der Waals surface area contributed by atoms with Crippen LogP contribution in [0.3, 0.4) is 0 Å². The van der Waals surface area contributed by atoms with Crippen LogP contribution in [-0.4, -0.2) is 19.6 Å². The van der Waals surface area contributed by atoms with Crippen molar-refractivity contribution in [2.75, 3.05) is 24.5 Å². The molecule has 0 aromatic heterocycles. The highest BCUT2D eigenvalue weighted by molar-refractivity contribution is 6.33. The molecule has 2 rings (SSSR count). The van der Waals surface area contributed by atoms with Gasteiger partial charge in [0, 0.05) is 19.6 Å². The number of anilines is 1. The fourth-order valence-corrected chi connectivity index (χ4v) is 3.62. The van der Waals surface area contributed by atoms with Crippen molar-refractivity contribution in [2.45, 2.75) is 40.2 Å². The summed E-state index contributed by atoms with van der Waals surface area (Å²) in [5.74, 6) is 1.48. The van der Waals surface area contributed by atoms with E-state index in [-0.39, 0.29) is 0 Å². The van der Waals surface area contributed by atoms with Gasteiger partial charge in [0.15, 0.2) is 0 Å². The largest absolute Gasteiger partial charge is 0.370 e. The highest BCUT2D eigenvalue weighted by Gasteiger charge is 2.24. The molecule has 1 fully saturated rings. The minimum Gasteiger partial charge on any atom is -0.370 e. The van der Waals surface area contributed by atoms with Gasteiger partial charge < -0.3 is 10.2 Å². The summed E-state index contributed by atoms with van der Waals surface area (Å²) in [4.78, 5) is 2.49. The van der Waals surface area contributed by atoms with E-state index >= 15 is 0 Å². The lowest BCUT2D eigenvalue weighted by molar-refractivity contribution is 0.356. The Hall–Kier alpha value is -0.730. The summed E-state index contributed by atoms with van der Waals surface area (Å²) in [5, 5.41) is 4.39. The van der Waals surface area contributed by atoms with Gasteiger partial charge in [-0.25, -0.2) is 0 Å². The van der Waals surface area contributed by atoms with Crippen LogP contribution in [0.15, 0.2) is 18.2 Å². The second-order valence-electron chi connectivity index (χ2n) is 6.28. The van der Waals surface area contributed by atoms with E-state index in [4.69, 9.17) is 11.6 Å². The standard InChI is InChI=1S/C17H27ClN2/c1-4-8-19-10-15-6-5-7-16(18)17(15)20-11-13(2)9-14(3)12-20/h5-7,13-14,19H,4,8-12H2,1-3H3. The molecular weight excluding hydrogens is 268 g/mol. The molecule has 0 amide bonds. The summed E-state index contributed by atoms with van der Waals surface area (Å²) in [6.07, 6.45) is 2.48. The number of hydrogen-bond donors (Lipinski definition) is 1. The van der Waals surface area contributed by atoms with E-state index in [0.717, 1.165) is 49.5 Å². The van der Waals surface area contributed by atoms with Crippen LogP contribution in [0.1, 0.15) is 39.2 Å². The molecule has 1 aromatic rings. The average Bonchev–Trinajstić information content (AvgIpc) is 2.38. The number of nitrogens with one attached hydrogen (secondary N) is 1. The number of hydrogen-bond acceptors (Lipinski definition) is 2. The first kappa shape index (κ1) is 15.7. The van der Waals surface area contributed by atoms with Crippen LogP contribution >= 0.6 is 11.6 Å². The van der Waals surface area contributed by atoms with E-state index in [1.54, 1.807) is 0 Å². The Labute approximate surface area is 128 Å². The van der Waals surface area contributed by atoms with Crippen LogP contribution in [0, 0.1) is 11.8 Å². The van der Waals surface area contributed by atoms with E-state index in [1.807, 2.05) is 6.07 Å². The van der Waals surface area contributed by atoms with Gasteiger partial charge in [-0.15, -0.1) is 0 Å². The number of para-hydroxylation sites is 1. The van der Waals surface area contributed by atoms with Gasteiger partial charge in [0.25, 0.3) is 0 Å². The Balaban J connectivity index is 2.20. The van der Waals surface area contributed by atoms with Crippen molar-refractivity contribution >= 4 is 17.3 Å². The summed E-state index contributed by atoms with van der Waals surface area (Å²) in [5.41, 5.74) is 2.57. The molecule has 2 unspecified atom stereocenters. The lowest BCUT2D eigenvalue weighted by atomic mass is 9.91. The van der Waals surface area contributed by atoms with Crippen LogP contribution < -0.4 is 10.2 Å². The molecule has 0 saturated carbocycles. The van der Waals surface area contributed by atoms with Crippen molar-refractivity contribution in [3.05, 3.63) is 28.8 Å². The molecule has 1 saturated heterocycles. The van der Waals surface area contributed by atoms with Gasteiger partial charge in [0.1, 0.15) is 0 Å². The van der Waals surface area contributed by atoms with Crippen LogP contribution in [0.25, 0.3) is 0 Å². The summed E-state index contributed by atoms with van der Waals surface area (Å²) in [6, 6.07) is 6.28. The Morgan fingerprint density at radius 2 is 1.95 bits per heavy atom. The van der Waals surface area contributed by atoms with Crippen molar-refractivity contribution in [2.24, 2.45) is 11.8 Å². The summed E-state index contributed by atoms with van der Waals surface area (Å²) in [6.45, 7) is 11.1. The fraction of sp³-hybridized carbons (Fsp3) is 0.647. The second kappa shape index (κ2) is 7.33. The number of nitrogens with zero attached hydrogens (tertiary/aromatic N) is 1. The van der Waals surface area contributed by atoms with Crippen LogP contribution in [0.2, 0.25) is 5.02 Å². The van der Waals surface area contributed by atoms with Crippen LogP contribution in [0.5, 0.6) is 0 Å². The normalized spacial score (nSPS) is 23.1. The first-order valence-electron chi connectivity index (χ1n) is 7.84. The molecular formula is C17H27ClN2. The van der Waals surface area contributed by atoms with E-state index in [1.165, 1.54) is 17.7 Å². The molecule has 0 spiro atoms. The molecule has 1 aliphatic heterocycles. The fourth-order valence-electron chi connectivity index (χ4n) is 3.30. The summed E-state index contributed by atoms with van der Waals surface area (Å²) >= 11 is 6.50. The minimum absolute atomic E-state index is 0.742. The van der Waals surface area contributed by atoms with Gasteiger partial charge in [0.05, 0.1) is 10.7 Å². The molecule has 1 aromatic carbocycles. The molecule has 0 aliphatic carbocycles. The van der Waals surface area contributed by atoms with Gasteiger partial charge in [-0.1, -0.05) is 44.5 Å². The van der Waals surface area contributed by atoms with Gasteiger partial charge in [-0.05, 0) is 42.9 Å². The molecule has 2 atom stereocenters. The number of piperidine rings is 1. The van der Waals surface area contributed by atoms with E-state index in [9.17, 15) is 0 Å². The van der Waals surface area contributed by atoms with E-state index in [0.29, 0.717) is 0 Å². The highest BCUT2D eigenvalue weighted by atomic mass is 35.5. The monoisotopic (exact) mass is 294 g/mol. The maximum atomic E-state index is 6.50.